The van der Waals surface area contributed by atoms with Gasteiger partial charge in [0.1, 0.15) is 24.9 Å². The number of hydrogen-bond donors (Lipinski definition) is 2. The van der Waals surface area contributed by atoms with Crippen molar-refractivity contribution in [3.05, 3.63) is 107 Å². The van der Waals surface area contributed by atoms with E-state index >= 15 is 0 Å². The normalized spacial score (nSPS) is 16.7. The maximum absolute atomic E-state index is 14.2. The fraction of sp³-hybridized carbons (Fsp3) is 0.452. The zero-order valence-corrected chi connectivity index (χ0v) is 32.6. The number of benzene rings is 3. The second-order valence-corrected chi connectivity index (χ2v) is 15.6. The number of ether oxygens (including phenoxy) is 3. The number of nitrogens with one attached hydrogen (secondary N) is 1. The molecule has 1 heterocycles. The van der Waals surface area contributed by atoms with Crippen molar-refractivity contribution in [3.63, 3.8) is 0 Å². The van der Waals surface area contributed by atoms with Crippen LogP contribution in [-0.2, 0) is 38.6 Å². The number of nitrogens with two attached hydrogens (primary N) is 1. The molecule has 1 unspecified atom stereocenters. The van der Waals surface area contributed by atoms with Crippen molar-refractivity contribution in [1.82, 2.24) is 15.1 Å². The van der Waals surface area contributed by atoms with Crippen LogP contribution in [0.2, 0.25) is 5.02 Å². The van der Waals surface area contributed by atoms with Gasteiger partial charge in [0.2, 0.25) is 11.9 Å². The molecule has 0 spiro atoms. The number of carbonyl (C=O) groups is 4. The van der Waals surface area contributed by atoms with Gasteiger partial charge in [0.15, 0.2) is 0 Å². The van der Waals surface area contributed by atoms with Crippen LogP contribution in [0.4, 0.5) is 14.4 Å². The molecular weight excluding hydrogens is 722 g/mol. The van der Waals surface area contributed by atoms with Crippen LogP contribution in [0, 0.1) is 5.92 Å². The van der Waals surface area contributed by atoms with Crippen LogP contribution < -0.4 is 11.1 Å². The molecule has 4 amide bonds. The molecule has 3 aromatic carbocycles. The lowest BCUT2D eigenvalue weighted by atomic mass is 9.70. The molecule has 1 saturated carbocycles. The third-order valence-corrected chi connectivity index (χ3v) is 10.2. The smallest absolute Gasteiger partial charge is 0.426 e. The summed E-state index contributed by atoms with van der Waals surface area (Å²) in [6.45, 7) is 5.74. The number of amides is 4. The molecule has 0 aromatic heterocycles. The number of piperidine rings is 1. The second kappa shape index (κ2) is 19.0. The van der Waals surface area contributed by atoms with E-state index < -0.39 is 35.5 Å². The Morgan fingerprint density at radius 3 is 1.87 bits per heavy atom. The van der Waals surface area contributed by atoms with Gasteiger partial charge in [0, 0.05) is 24.5 Å². The SMILES string of the molecule is CC(C)(C)OC(=O)NC(Cc1ccc(Cl)cc1)C(=O)N1CCC(N=C(N)N(C(=O)OCc2ccccc2)C(=O)OCc2ccccc2)(C2CCCCC2)CC1. The molecule has 0 radical (unpaired) electrons. The Hall–Kier alpha value is -5.10. The predicted octanol–water partition coefficient (Wildman–Crippen LogP) is 8.01. The Balaban J connectivity index is 1.38. The Kier molecular flexibility index (Phi) is 14.2. The number of aliphatic imine (C=N–C) groups is 1. The van der Waals surface area contributed by atoms with E-state index in [0.29, 0.717) is 35.9 Å². The lowest BCUT2D eigenvalue weighted by molar-refractivity contribution is -0.135. The standard InChI is InChI=1S/C42H52ClN5O7/c1-41(2,3)55-38(50)45-35(27-30-19-21-34(43)22-20-30)36(49)47-25-23-42(24-26-47,33-17-11-6-12-18-33)46-37(44)48(39(51)53-28-31-13-7-4-8-14-31)40(52)54-29-32-15-9-5-10-16-32/h4-5,7-10,13-16,19-22,33,35H,6,11-12,17-18,23-29H2,1-3H3,(H2,44,46)(H,45,50). The van der Waals surface area contributed by atoms with Gasteiger partial charge in [-0.15, -0.1) is 4.90 Å². The Morgan fingerprint density at radius 1 is 0.836 bits per heavy atom. The fourth-order valence-corrected chi connectivity index (χ4v) is 7.33. The van der Waals surface area contributed by atoms with Gasteiger partial charge in [-0.2, -0.15) is 0 Å². The predicted molar refractivity (Wildman–Crippen MR) is 210 cm³/mol. The highest BCUT2D eigenvalue weighted by Crippen LogP contribution is 2.42. The third-order valence-electron chi connectivity index (χ3n) is 9.99. The van der Waals surface area contributed by atoms with Gasteiger partial charge in [0.05, 0.1) is 5.54 Å². The van der Waals surface area contributed by atoms with E-state index in [1.165, 1.54) is 0 Å². The molecule has 1 atom stereocenters. The molecule has 55 heavy (non-hydrogen) atoms. The highest BCUT2D eigenvalue weighted by Gasteiger charge is 2.45. The minimum Gasteiger partial charge on any atom is -0.444 e. The maximum atomic E-state index is 14.2. The van der Waals surface area contributed by atoms with Crippen molar-refractivity contribution in [3.8, 4) is 0 Å². The number of halogens is 1. The number of likely N-dealkylation sites (tertiary alicyclic amines) is 1. The van der Waals surface area contributed by atoms with E-state index in [0.717, 1.165) is 48.8 Å². The van der Waals surface area contributed by atoms with Crippen LogP contribution in [0.1, 0.15) is 82.4 Å². The number of guanidine groups is 1. The number of carbonyl (C=O) groups excluding carboxylic acids is 4. The van der Waals surface area contributed by atoms with Gasteiger partial charge >= 0.3 is 18.3 Å². The number of hydrogen-bond acceptors (Lipinski definition) is 8. The van der Waals surface area contributed by atoms with Gasteiger partial charge in [-0.05, 0) is 81.2 Å². The summed E-state index contributed by atoms with van der Waals surface area (Å²) < 4.78 is 16.6. The van der Waals surface area contributed by atoms with Crippen LogP contribution in [-0.4, -0.2) is 70.2 Å². The first kappa shape index (κ1) is 41.1. The van der Waals surface area contributed by atoms with Crippen LogP contribution >= 0.6 is 11.6 Å². The number of alkyl carbamates (subject to hydrolysis) is 1. The zero-order chi connectivity index (χ0) is 39.4. The molecule has 1 aliphatic heterocycles. The summed E-state index contributed by atoms with van der Waals surface area (Å²) in [7, 11) is 0. The van der Waals surface area contributed by atoms with Gasteiger partial charge < -0.3 is 30.2 Å². The second-order valence-electron chi connectivity index (χ2n) is 15.2. The van der Waals surface area contributed by atoms with Crippen LogP contribution in [0.15, 0.2) is 89.9 Å². The summed E-state index contributed by atoms with van der Waals surface area (Å²) >= 11 is 6.11. The van der Waals surface area contributed by atoms with E-state index in [4.69, 9.17) is 36.5 Å². The number of nitrogens with zero attached hydrogens (tertiary/aromatic N) is 3. The van der Waals surface area contributed by atoms with E-state index in [1.54, 1.807) is 62.1 Å². The van der Waals surface area contributed by atoms with Crippen molar-refractivity contribution in [1.29, 1.82) is 0 Å². The molecular formula is C42H52ClN5O7. The fourth-order valence-electron chi connectivity index (χ4n) is 7.20. The van der Waals surface area contributed by atoms with Gasteiger partial charge in [-0.1, -0.05) is 104 Å². The first-order chi connectivity index (χ1) is 26.3. The summed E-state index contributed by atoms with van der Waals surface area (Å²) in [5.74, 6) is -0.483. The summed E-state index contributed by atoms with van der Waals surface area (Å²) in [4.78, 5) is 61.8. The third kappa shape index (κ3) is 11.9. The molecule has 2 aliphatic rings. The lowest BCUT2D eigenvalue weighted by Crippen LogP contribution is -2.57. The zero-order valence-electron chi connectivity index (χ0n) is 31.9. The largest absolute Gasteiger partial charge is 0.444 e. The highest BCUT2D eigenvalue weighted by atomic mass is 35.5. The summed E-state index contributed by atoms with van der Waals surface area (Å²) in [6, 6.07) is 24.4. The first-order valence-corrected chi connectivity index (χ1v) is 19.3. The lowest BCUT2D eigenvalue weighted by Gasteiger charge is -2.46. The topological polar surface area (TPSA) is 153 Å². The minimum atomic E-state index is -1.01. The minimum absolute atomic E-state index is 0.0885. The first-order valence-electron chi connectivity index (χ1n) is 18.9. The highest BCUT2D eigenvalue weighted by molar-refractivity contribution is 6.30. The van der Waals surface area contributed by atoms with Crippen LogP contribution in [0.25, 0.3) is 0 Å². The summed E-state index contributed by atoms with van der Waals surface area (Å²) in [5, 5.41) is 3.36. The number of imide groups is 1. The molecule has 2 fully saturated rings. The Morgan fingerprint density at radius 2 is 1.36 bits per heavy atom. The molecule has 13 heteroatoms. The molecule has 0 bridgehead atoms. The summed E-state index contributed by atoms with van der Waals surface area (Å²) in [6.07, 6.45) is 3.28. The molecule has 1 aliphatic carbocycles. The van der Waals surface area contributed by atoms with Crippen LogP contribution in [0.3, 0.4) is 0 Å². The molecule has 1 saturated heterocycles. The van der Waals surface area contributed by atoms with Gasteiger partial charge in [-0.25, -0.2) is 19.4 Å². The van der Waals surface area contributed by atoms with Gasteiger partial charge in [0.25, 0.3) is 0 Å². The molecule has 12 nitrogen and oxygen atoms in total. The average molecular weight is 774 g/mol. The van der Waals surface area contributed by atoms with Crippen molar-refractivity contribution >= 4 is 41.7 Å². The monoisotopic (exact) mass is 773 g/mol. The quantitative estimate of drug-likeness (QED) is 0.119. The van der Waals surface area contributed by atoms with Crippen molar-refractivity contribution in [2.24, 2.45) is 16.6 Å². The van der Waals surface area contributed by atoms with E-state index in [-0.39, 0.29) is 37.4 Å². The number of rotatable bonds is 10. The van der Waals surface area contributed by atoms with E-state index in [9.17, 15) is 19.2 Å². The summed E-state index contributed by atoms with van der Waals surface area (Å²) in [5.41, 5.74) is 7.41. The van der Waals surface area contributed by atoms with Crippen molar-refractivity contribution < 1.29 is 33.4 Å². The molecule has 294 valence electrons. The Labute approximate surface area is 328 Å². The maximum Gasteiger partial charge on any atom is 0.426 e. The average Bonchev–Trinajstić information content (AvgIpc) is 3.17. The van der Waals surface area contributed by atoms with E-state index in [1.807, 2.05) is 48.5 Å². The van der Waals surface area contributed by atoms with E-state index in [2.05, 4.69) is 5.32 Å². The van der Waals surface area contributed by atoms with Crippen LogP contribution in [0.5, 0.6) is 0 Å². The van der Waals surface area contributed by atoms with Crippen molar-refractivity contribution in [2.75, 3.05) is 13.1 Å². The molecule has 3 aromatic rings. The molecule has 5 rings (SSSR count). The Bertz CT molecular complexity index is 1710. The van der Waals surface area contributed by atoms with Gasteiger partial charge in [-0.3, -0.25) is 4.79 Å². The molecule has 3 N–H and O–H groups in total. The van der Waals surface area contributed by atoms with Crippen molar-refractivity contribution in [2.45, 2.75) is 103 Å².